The van der Waals surface area contributed by atoms with Crippen molar-refractivity contribution >= 4 is 33.2 Å². The van der Waals surface area contributed by atoms with Gasteiger partial charge in [0.25, 0.3) is 0 Å². The van der Waals surface area contributed by atoms with Crippen molar-refractivity contribution in [3.8, 4) is 0 Å². The number of benzene rings is 2. The molecule has 7 nitrogen and oxygen atoms in total. The van der Waals surface area contributed by atoms with Crippen molar-refractivity contribution in [2.75, 3.05) is 11.0 Å². The van der Waals surface area contributed by atoms with Crippen molar-refractivity contribution in [2.45, 2.75) is 31.5 Å². The fraction of sp³-hybridized carbons (Fsp3) is 0.316. The lowest BCUT2D eigenvalue weighted by Gasteiger charge is -2.20. The summed E-state index contributed by atoms with van der Waals surface area (Å²) in [4.78, 5) is 12.7. The summed E-state index contributed by atoms with van der Waals surface area (Å²) in [5, 5.41) is 3.59. The summed E-state index contributed by atoms with van der Waals surface area (Å²) in [7, 11) is -3.41. The van der Waals surface area contributed by atoms with Crippen LogP contribution in [0.15, 0.2) is 48.5 Å². The van der Waals surface area contributed by atoms with Crippen molar-refractivity contribution in [1.29, 1.82) is 0 Å². The third-order valence-electron chi connectivity index (χ3n) is 4.55. The molecule has 1 aliphatic rings. The van der Waals surface area contributed by atoms with Gasteiger partial charge in [0.1, 0.15) is 6.04 Å². The normalized spacial score (nSPS) is 20.5. The van der Waals surface area contributed by atoms with Crippen molar-refractivity contribution in [3.63, 3.8) is 0 Å². The monoisotopic (exact) mass is 422 g/mol. The Labute approximate surface area is 169 Å². The molecule has 3 unspecified atom stereocenters. The van der Waals surface area contributed by atoms with E-state index in [1.165, 1.54) is 0 Å². The quantitative estimate of drug-likeness (QED) is 0.573. The third kappa shape index (κ3) is 5.23. The highest BCUT2D eigenvalue weighted by Gasteiger charge is 2.31. The smallest absolute Gasteiger partial charge is 0.239 e. The van der Waals surface area contributed by atoms with Crippen LogP contribution >= 0.6 is 11.6 Å². The molecule has 0 aromatic heterocycles. The van der Waals surface area contributed by atoms with Gasteiger partial charge in [-0.2, -0.15) is 0 Å². The highest BCUT2D eigenvalue weighted by atomic mass is 35.5. The molecule has 0 aliphatic carbocycles. The zero-order chi connectivity index (χ0) is 20.3. The minimum atomic E-state index is -3.41. The van der Waals surface area contributed by atoms with Gasteiger partial charge in [-0.15, -0.1) is 0 Å². The Morgan fingerprint density at radius 3 is 2.64 bits per heavy atom. The molecule has 0 bridgehead atoms. The molecule has 3 atom stereocenters. The third-order valence-corrected chi connectivity index (χ3v) is 5.38. The van der Waals surface area contributed by atoms with E-state index in [1.54, 1.807) is 30.3 Å². The first-order valence-electron chi connectivity index (χ1n) is 8.86. The van der Waals surface area contributed by atoms with E-state index in [2.05, 4.69) is 20.9 Å². The van der Waals surface area contributed by atoms with Crippen LogP contribution in [0.2, 0.25) is 5.02 Å². The molecule has 1 amide bonds. The highest BCUT2D eigenvalue weighted by molar-refractivity contribution is 7.92. The molecule has 1 fully saturated rings. The number of rotatable bonds is 6. The molecule has 1 aliphatic heterocycles. The van der Waals surface area contributed by atoms with Gasteiger partial charge in [0.15, 0.2) is 0 Å². The largest absolute Gasteiger partial charge is 0.348 e. The Morgan fingerprint density at radius 2 is 1.93 bits per heavy atom. The number of para-hydroxylation sites is 1. The van der Waals surface area contributed by atoms with E-state index < -0.39 is 16.1 Å². The standard InChI is InChI=1S/C19H23ClN4O3S/c1-12(15-8-3-4-9-16(15)24-28(2,26)27)21-19(25)18-11-17(22-23-18)13-6-5-7-14(20)10-13/h3-10,12,17-18,22-24H,11H2,1-2H3,(H,21,25). The van der Waals surface area contributed by atoms with Crippen molar-refractivity contribution in [3.05, 3.63) is 64.7 Å². The molecule has 0 spiro atoms. The van der Waals surface area contributed by atoms with E-state index >= 15 is 0 Å². The van der Waals surface area contributed by atoms with Gasteiger partial charge in [-0.05, 0) is 42.7 Å². The van der Waals surface area contributed by atoms with Crippen LogP contribution in [0.4, 0.5) is 5.69 Å². The van der Waals surface area contributed by atoms with Gasteiger partial charge in [0, 0.05) is 11.1 Å². The van der Waals surface area contributed by atoms with Crippen LogP contribution in [0.25, 0.3) is 0 Å². The minimum absolute atomic E-state index is 0.0241. The number of anilines is 1. The molecule has 1 saturated heterocycles. The Morgan fingerprint density at radius 1 is 1.18 bits per heavy atom. The van der Waals surface area contributed by atoms with Crippen LogP contribution in [-0.2, 0) is 14.8 Å². The van der Waals surface area contributed by atoms with Crippen LogP contribution in [-0.4, -0.2) is 26.6 Å². The summed E-state index contributed by atoms with van der Waals surface area (Å²) in [5.41, 5.74) is 8.29. The molecular formula is C19H23ClN4O3S. The lowest BCUT2D eigenvalue weighted by atomic mass is 10.0. The second-order valence-electron chi connectivity index (χ2n) is 6.88. The van der Waals surface area contributed by atoms with Gasteiger partial charge < -0.3 is 5.32 Å². The van der Waals surface area contributed by atoms with Crippen LogP contribution in [0.3, 0.4) is 0 Å². The second-order valence-corrected chi connectivity index (χ2v) is 9.06. The number of hydrogen-bond acceptors (Lipinski definition) is 5. The maximum absolute atomic E-state index is 12.7. The number of sulfonamides is 1. The molecule has 150 valence electrons. The van der Waals surface area contributed by atoms with E-state index in [4.69, 9.17) is 11.6 Å². The van der Waals surface area contributed by atoms with Crippen LogP contribution < -0.4 is 20.9 Å². The van der Waals surface area contributed by atoms with Crippen LogP contribution in [0.5, 0.6) is 0 Å². The topological polar surface area (TPSA) is 99.3 Å². The number of halogens is 1. The number of amides is 1. The molecule has 4 N–H and O–H groups in total. The lowest BCUT2D eigenvalue weighted by molar-refractivity contribution is -0.123. The Hall–Kier alpha value is -2.13. The van der Waals surface area contributed by atoms with Gasteiger partial charge >= 0.3 is 0 Å². The second kappa shape index (κ2) is 8.48. The Bertz CT molecular complexity index is 967. The number of carbonyl (C=O) groups is 1. The first kappa shape index (κ1) is 20.6. The predicted octanol–water partition coefficient (Wildman–Crippen LogP) is 2.50. The summed E-state index contributed by atoms with van der Waals surface area (Å²) in [6.07, 6.45) is 1.67. The van der Waals surface area contributed by atoms with Gasteiger partial charge in [0.2, 0.25) is 15.9 Å². The fourth-order valence-electron chi connectivity index (χ4n) is 3.23. The van der Waals surface area contributed by atoms with Crippen LogP contribution in [0, 0.1) is 0 Å². The number of hydrogen-bond donors (Lipinski definition) is 4. The molecular weight excluding hydrogens is 400 g/mol. The molecule has 1 heterocycles. The maximum atomic E-state index is 12.7. The summed E-state index contributed by atoms with van der Waals surface area (Å²) >= 11 is 6.04. The average Bonchev–Trinajstić information content (AvgIpc) is 3.11. The first-order valence-corrected chi connectivity index (χ1v) is 11.1. The molecule has 3 rings (SSSR count). The van der Waals surface area contributed by atoms with Gasteiger partial charge in [0.05, 0.1) is 18.0 Å². The summed E-state index contributed by atoms with van der Waals surface area (Å²) in [5.74, 6) is -0.168. The summed E-state index contributed by atoms with van der Waals surface area (Å²) < 4.78 is 25.6. The van der Waals surface area contributed by atoms with Crippen molar-refractivity contribution in [1.82, 2.24) is 16.2 Å². The number of hydrazine groups is 1. The zero-order valence-corrected chi connectivity index (χ0v) is 17.1. The highest BCUT2D eigenvalue weighted by Crippen LogP contribution is 2.26. The molecule has 28 heavy (non-hydrogen) atoms. The van der Waals surface area contributed by atoms with Crippen LogP contribution in [0.1, 0.15) is 36.6 Å². The van der Waals surface area contributed by atoms with E-state index in [1.807, 2.05) is 25.1 Å². The Kier molecular flexibility index (Phi) is 6.24. The minimum Gasteiger partial charge on any atom is -0.348 e. The summed E-state index contributed by atoms with van der Waals surface area (Å²) in [6.45, 7) is 1.82. The van der Waals surface area contributed by atoms with E-state index in [-0.39, 0.29) is 18.0 Å². The lowest BCUT2D eigenvalue weighted by Crippen LogP contribution is -2.44. The van der Waals surface area contributed by atoms with Crippen molar-refractivity contribution < 1.29 is 13.2 Å². The van der Waals surface area contributed by atoms with Gasteiger partial charge in [-0.3, -0.25) is 9.52 Å². The van der Waals surface area contributed by atoms with Gasteiger partial charge in [-0.1, -0.05) is 41.9 Å². The van der Waals surface area contributed by atoms with Gasteiger partial charge in [-0.25, -0.2) is 19.3 Å². The molecule has 2 aromatic rings. The molecule has 2 aromatic carbocycles. The van der Waals surface area contributed by atoms with Crippen molar-refractivity contribution in [2.24, 2.45) is 0 Å². The molecule has 0 saturated carbocycles. The predicted molar refractivity (Wildman–Crippen MR) is 110 cm³/mol. The summed E-state index contributed by atoms with van der Waals surface area (Å²) in [6, 6.07) is 13.7. The van der Waals surface area contributed by atoms with E-state index in [9.17, 15) is 13.2 Å². The average molecular weight is 423 g/mol. The molecule has 0 radical (unpaired) electrons. The number of carbonyl (C=O) groups excluding carboxylic acids is 1. The zero-order valence-electron chi connectivity index (χ0n) is 15.6. The first-order chi connectivity index (χ1) is 13.2. The molecule has 9 heteroatoms. The Balaban J connectivity index is 1.66. The van der Waals surface area contributed by atoms with E-state index in [0.717, 1.165) is 11.8 Å². The SMILES string of the molecule is CC(NC(=O)C1CC(c2cccc(Cl)c2)NN1)c1ccccc1NS(C)(=O)=O. The number of nitrogens with one attached hydrogen (secondary N) is 4. The maximum Gasteiger partial charge on any atom is 0.239 e. The fourth-order valence-corrected chi connectivity index (χ4v) is 4.01. The van der Waals surface area contributed by atoms with E-state index in [0.29, 0.717) is 22.7 Å².